The summed E-state index contributed by atoms with van der Waals surface area (Å²) in [6.07, 6.45) is 1.76. The van der Waals surface area contributed by atoms with Gasteiger partial charge in [0.1, 0.15) is 5.82 Å². The average molecular weight is 288 g/mol. The second kappa shape index (κ2) is 4.98. The number of pyridine rings is 1. The number of hydrogen-bond acceptors (Lipinski definition) is 3. The van der Waals surface area contributed by atoms with Crippen LogP contribution >= 0.6 is 15.9 Å². The van der Waals surface area contributed by atoms with Crippen molar-refractivity contribution in [2.45, 2.75) is 0 Å². The summed E-state index contributed by atoms with van der Waals surface area (Å²) in [4.78, 5) is 6.28. The molecule has 0 atom stereocenters. The molecule has 0 N–H and O–H groups in total. The molecule has 0 spiro atoms. The van der Waals surface area contributed by atoms with E-state index >= 15 is 0 Å². The van der Waals surface area contributed by atoms with Crippen LogP contribution in [0.5, 0.6) is 0 Å². The Morgan fingerprint density at radius 3 is 2.41 bits per heavy atom. The van der Waals surface area contributed by atoms with Crippen LogP contribution in [-0.4, -0.2) is 12.0 Å². The van der Waals surface area contributed by atoms with Gasteiger partial charge >= 0.3 is 0 Å². The van der Waals surface area contributed by atoms with Crippen LogP contribution in [0.4, 0.5) is 11.5 Å². The highest BCUT2D eigenvalue weighted by Gasteiger charge is 2.04. The highest BCUT2D eigenvalue weighted by Crippen LogP contribution is 2.22. The van der Waals surface area contributed by atoms with Gasteiger partial charge in [0.15, 0.2) is 0 Å². The minimum Gasteiger partial charge on any atom is -0.329 e. The van der Waals surface area contributed by atoms with Crippen molar-refractivity contribution in [3.05, 3.63) is 52.6 Å². The molecule has 0 bridgehead atoms. The molecule has 0 amide bonds. The summed E-state index contributed by atoms with van der Waals surface area (Å²) in [5.74, 6) is 0.859. The first-order chi connectivity index (χ1) is 8.20. The Morgan fingerprint density at radius 2 is 1.88 bits per heavy atom. The monoisotopic (exact) mass is 287 g/mol. The summed E-state index contributed by atoms with van der Waals surface area (Å²) in [7, 11) is 1.94. The van der Waals surface area contributed by atoms with Crippen molar-refractivity contribution in [1.29, 1.82) is 5.26 Å². The SMILES string of the molecule is CN(c1ccc(C#N)cc1)c1ccc(Br)cn1. The summed E-state index contributed by atoms with van der Waals surface area (Å²) in [5.41, 5.74) is 1.66. The van der Waals surface area contributed by atoms with Crippen molar-refractivity contribution in [1.82, 2.24) is 4.98 Å². The predicted octanol–water partition coefficient (Wildman–Crippen LogP) is 3.48. The molecule has 1 aromatic carbocycles. The number of anilines is 2. The number of nitrogens with zero attached hydrogens (tertiary/aromatic N) is 3. The summed E-state index contributed by atoms with van der Waals surface area (Å²) < 4.78 is 0.953. The zero-order valence-electron chi connectivity index (χ0n) is 9.26. The van der Waals surface area contributed by atoms with E-state index in [0.717, 1.165) is 16.0 Å². The summed E-state index contributed by atoms with van der Waals surface area (Å²) in [6, 6.07) is 13.4. The number of hydrogen-bond donors (Lipinski definition) is 0. The van der Waals surface area contributed by atoms with Crippen molar-refractivity contribution in [3.63, 3.8) is 0 Å². The number of aromatic nitrogens is 1. The molecule has 0 aliphatic carbocycles. The molecule has 2 rings (SSSR count). The fourth-order valence-electron chi connectivity index (χ4n) is 1.46. The zero-order chi connectivity index (χ0) is 12.3. The molecule has 3 nitrogen and oxygen atoms in total. The zero-order valence-corrected chi connectivity index (χ0v) is 10.8. The van der Waals surface area contributed by atoms with Gasteiger partial charge in [-0.2, -0.15) is 5.26 Å². The van der Waals surface area contributed by atoms with E-state index in [1.807, 2.05) is 36.2 Å². The summed E-state index contributed by atoms with van der Waals surface area (Å²) in [5, 5.41) is 8.73. The van der Waals surface area contributed by atoms with Crippen LogP contribution in [0.1, 0.15) is 5.56 Å². The number of benzene rings is 1. The van der Waals surface area contributed by atoms with E-state index in [4.69, 9.17) is 5.26 Å². The first kappa shape index (κ1) is 11.6. The van der Waals surface area contributed by atoms with Crippen LogP contribution in [0.25, 0.3) is 0 Å². The maximum Gasteiger partial charge on any atom is 0.132 e. The molecule has 4 heteroatoms. The summed E-state index contributed by atoms with van der Waals surface area (Å²) in [6.45, 7) is 0. The average Bonchev–Trinajstić information content (AvgIpc) is 2.39. The fourth-order valence-corrected chi connectivity index (χ4v) is 1.69. The molecule has 0 fully saturated rings. The van der Waals surface area contributed by atoms with Crippen molar-refractivity contribution in [2.75, 3.05) is 11.9 Å². The molecular weight excluding hydrogens is 278 g/mol. The standard InChI is InChI=1S/C13H10BrN3/c1-17(13-7-4-11(14)9-16-13)12-5-2-10(8-15)3-6-12/h2-7,9H,1H3. The maximum atomic E-state index is 8.73. The van der Waals surface area contributed by atoms with Gasteiger partial charge in [0.05, 0.1) is 11.6 Å². The molecule has 2 aromatic rings. The Balaban J connectivity index is 2.27. The minimum atomic E-state index is 0.658. The molecule has 0 radical (unpaired) electrons. The molecule has 0 unspecified atom stereocenters. The third kappa shape index (κ3) is 2.63. The van der Waals surface area contributed by atoms with Crippen molar-refractivity contribution in [3.8, 4) is 6.07 Å². The van der Waals surface area contributed by atoms with E-state index in [0.29, 0.717) is 5.56 Å². The molecule has 1 aromatic heterocycles. The normalized spacial score (nSPS) is 9.71. The molecule has 0 saturated carbocycles. The lowest BCUT2D eigenvalue weighted by Gasteiger charge is -2.18. The predicted molar refractivity (Wildman–Crippen MR) is 71.2 cm³/mol. The van der Waals surface area contributed by atoms with E-state index in [-0.39, 0.29) is 0 Å². The van der Waals surface area contributed by atoms with Gasteiger partial charge in [0.2, 0.25) is 0 Å². The van der Waals surface area contributed by atoms with Crippen LogP contribution in [0.2, 0.25) is 0 Å². The lowest BCUT2D eigenvalue weighted by molar-refractivity contribution is 1.12. The fraction of sp³-hybridized carbons (Fsp3) is 0.0769. The van der Waals surface area contributed by atoms with E-state index in [2.05, 4.69) is 27.0 Å². The van der Waals surface area contributed by atoms with Crippen LogP contribution in [0.3, 0.4) is 0 Å². The van der Waals surface area contributed by atoms with Crippen LogP contribution < -0.4 is 4.90 Å². The Hall–Kier alpha value is -1.86. The number of halogens is 1. The molecule has 17 heavy (non-hydrogen) atoms. The molecule has 0 saturated heterocycles. The second-order valence-electron chi connectivity index (χ2n) is 3.55. The third-order valence-electron chi connectivity index (χ3n) is 2.44. The molecule has 0 aliphatic rings. The molecule has 1 heterocycles. The van der Waals surface area contributed by atoms with Crippen molar-refractivity contribution < 1.29 is 0 Å². The Labute approximate surface area is 108 Å². The minimum absolute atomic E-state index is 0.658. The van der Waals surface area contributed by atoms with Gasteiger partial charge in [-0.15, -0.1) is 0 Å². The lowest BCUT2D eigenvalue weighted by Crippen LogP contribution is -2.10. The highest BCUT2D eigenvalue weighted by atomic mass is 79.9. The van der Waals surface area contributed by atoms with E-state index in [1.54, 1.807) is 18.3 Å². The highest BCUT2D eigenvalue weighted by molar-refractivity contribution is 9.10. The maximum absolute atomic E-state index is 8.73. The summed E-state index contributed by atoms with van der Waals surface area (Å²) >= 11 is 3.35. The van der Waals surface area contributed by atoms with E-state index < -0.39 is 0 Å². The molecule has 0 aliphatic heterocycles. The Morgan fingerprint density at radius 1 is 1.18 bits per heavy atom. The molecular formula is C13H10BrN3. The number of rotatable bonds is 2. The first-order valence-electron chi connectivity index (χ1n) is 5.06. The van der Waals surface area contributed by atoms with Gasteiger partial charge in [-0.1, -0.05) is 0 Å². The third-order valence-corrected chi connectivity index (χ3v) is 2.91. The van der Waals surface area contributed by atoms with Gasteiger partial charge in [-0.05, 0) is 52.3 Å². The van der Waals surface area contributed by atoms with Gasteiger partial charge in [-0.25, -0.2) is 4.98 Å². The van der Waals surface area contributed by atoms with Gasteiger partial charge < -0.3 is 4.90 Å². The van der Waals surface area contributed by atoms with Gasteiger partial charge in [0.25, 0.3) is 0 Å². The second-order valence-corrected chi connectivity index (χ2v) is 4.47. The van der Waals surface area contributed by atoms with E-state index in [1.165, 1.54) is 0 Å². The van der Waals surface area contributed by atoms with Crippen LogP contribution in [-0.2, 0) is 0 Å². The van der Waals surface area contributed by atoms with Gasteiger partial charge in [-0.3, -0.25) is 0 Å². The number of nitriles is 1. The quantitative estimate of drug-likeness (QED) is 0.849. The van der Waals surface area contributed by atoms with Crippen LogP contribution in [0, 0.1) is 11.3 Å². The Bertz CT molecular complexity index is 540. The van der Waals surface area contributed by atoms with Gasteiger partial charge in [0, 0.05) is 23.4 Å². The van der Waals surface area contributed by atoms with Crippen molar-refractivity contribution in [2.24, 2.45) is 0 Å². The van der Waals surface area contributed by atoms with Crippen LogP contribution in [0.15, 0.2) is 47.1 Å². The first-order valence-corrected chi connectivity index (χ1v) is 5.85. The molecule has 84 valence electrons. The largest absolute Gasteiger partial charge is 0.329 e. The van der Waals surface area contributed by atoms with E-state index in [9.17, 15) is 0 Å². The van der Waals surface area contributed by atoms with Crippen molar-refractivity contribution >= 4 is 27.4 Å². The topological polar surface area (TPSA) is 39.9 Å². The Kier molecular flexibility index (Phi) is 3.40. The smallest absolute Gasteiger partial charge is 0.132 e. The lowest BCUT2D eigenvalue weighted by atomic mass is 10.2.